The number of hydrogen-bond acceptors (Lipinski definition) is 2. The molecule has 0 heterocycles. The summed E-state index contributed by atoms with van der Waals surface area (Å²) >= 11 is 0. The third-order valence-electron chi connectivity index (χ3n) is 4.03. The summed E-state index contributed by atoms with van der Waals surface area (Å²) in [6.07, 6.45) is 4.24. The van der Waals surface area contributed by atoms with Crippen molar-refractivity contribution in [2.75, 3.05) is 7.05 Å². The van der Waals surface area contributed by atoms with Crippen LogP contribution in [0.25, 0.3) is 0 Å². The summed E-state index contributed by atoms with van der Waals surface area (Å²) in [5.41, 5.74) is 0.379. The fraction of sp³-hybridized carbons (Fsp3) is 0.857. The zero-order valence-electron chi connectivity index (χ0n) is 12.4. The Morgan fingerprint density at radius 2 is 1.89 bits per heavy atom. The van der Waals surface area contributed by atoms with Crippen molar-refractivity contribution in [3.8, 4) is 0 Å². The first-order valence-electron chi connectivity index (χ1n) is 6.96. The highest BCUT2D eigenvalue weighted by Crippen LogP contribution is 2.36. The van der Waals surface area contributed by atoms with Crippen LogP contribution in [0.5, 0.6) is 0 Å². The number of aliphatic carboxylic acids is 1. The Morgan fingerprint density at radius 3 is 2.37 bits per heavy atom. The van der Waals surface area contributed by atoms with E-state index in [1.165, 1.54) is 0 Å². The van der Waals surface area contributed by atoms with Gasteiger partial charge < -0.3 is 15.3 Å². The van der Waals surface area contributed by atoms with E-state index < -0.39 is 5.97 Å². The summed E-state index contributed by atoms with van der Waals surface area (Å²) in [7, 11) is 1.80. The number of urea groups is 1. The molecule has 2 amide bonds. The predicted octanol–water partition coefficient (Wildman–Crippen LogP) is 2.46. The van der Waals surface area contributed by atoms with E-state index in [9.17, 15) is 9.59 Å². The van der Waals surface area contributed by atoms with Crippen LogP contribution in [0, 0.1) is 5.41 Å². The second kappa shape index (κ2) is 6.26. The molecule has 0 bridgehead atoms. The first kappa shape index (κ1) is 15.8. The van der Waals surface area contributed by atoms with Gasteiger partial charge >= 0.3 is 12.0 Å². The lowest BCUT2D eigenvalue weighted by molar-refractivity contribution is -0.137. The van der Waals surface area contributed by atoms with E-state index in [0.29, 0.717) is 5.41 Å². The molecule has 5 heteroatoms. The summed E-state index contributed by atoms with van der Waals surface area (Å²) in [5, 5.41) is 11.4. The van der Waals surface area contributed by atoms with Crippen molar-refractivity contribution in [3.05, 3.63) is 0 Å². The van der Waals surface area contributed by atoms with Crippen LogP contribution in [0.15, 0.2) is 0 Å². The molecule has 1 saturated carbocycles. The molecule has 0 saturated heterocycles. The normalized spacial score (nSPS) is 20.6. The lowest BCUT2D eigenvalue weighted by atomic mass is 9.75. The van der Waals surface area contributed by atoms with Crippen LogP contribution in [-0.4, -0.2) is 41.1 Å². The van der Waals surface area contributed by atoms with Crippen LogP contribution in [-0.2, 0) is 4.79 Å². The quantitative estimate of drug-likeness (QED) is 0.824. The van der Waals surface area contributed by atoms with E-state index in [-0.39, 0.29) is 24.5 Å². The van der Waals surface area contributed by atoms with Crippen molar-refractivity contribution in [2.24, 2.45) is 5.41 Å². The highest BCUT2D eigenvalue weighted by Gasteiger charge is 2.30. The summed E-state index contributed by atoms with van der Waals surface area (Å²) in [5.74, 6) is -0.894. The maximum Gasteiger partial charge on any atom is 0.317 e. The molecular formula is C14H26N2O3. The van der Waals surface area contributed by atoms with E-state index >= 15 is 0 Å². The molecular weight excluding hydrogens is 244 g/mol. The molecule has 110 valence electrons. The van der Waals surface area contributed by atoms with E-state index in [1.54, 1.807) is 18.9 Å². The topological polar surface area (TPSA) is 69.6 Å². The average molecular weight is 270 g/mol. The molecule has 0 aliphatic heterocycles. The number of nitrogens with zero attached hydrogens (tertiary/aromatic N) is 1. The molecule has 19 heavy (non-hydrogen) atoms. The fourth-order valence-electron chi connectivity index (χ4n) is 2.56. The molecule has 0 radical (unpaired) electrons. The third kappa shape index (κ3) is 5.09. The summed E-state index contributed by atoms with van der Waals surface area (Å²) in [4.78, 5) is 24.3. The molecule has 5 nitrogen and oxygen atoms in total. The van der Waals surface area contributed by atoms with Crippen molar-refractivity contribution in [2.45, 2.75) is 65.0 Å². The number of rotatable bonds is 4. The van der Waals surface area contributed by atoms with Gasteiger partial charge in [-0.3, -0.25) is 4.79 Å². The van der Waals surface area contributed by atoms with Gasteiger partial charge in [-0.05, 0) is 38.0 Å². The Balaban J connectivity index is 2.42. The van der Waals surface area contributed by atoms with Gasteiger partial charge in [0.1, 0.15) is 0 Å². The SMILES string of the molecule is CC(CC(=O)O)NC(=O)N(C)C1CCC(C)(C)CC1. The van der Waals surface area contributed by atoms with Crippen molar-refractivity contribution in [3.63, 3.8) is 0 Å². The monoisotopic (exact) mass is 270 g/mol. The van der Waals surface area contributed by atoms with Gasteiger partial charge in [0.15, 0.2) is 0 Å². The molecule has 0 aromatic rings. The Hall–Kier alpha value is -1.26. The lowest BCUT2D eigenvalue weighted by Crippen LogP contribution is -2.48. The fourth-order valence-corrected chi connectivity index (χ4v) is 2.56. The molecule has 2 N–H and O–H groups in total. The Bertz CT molecular complexity index is 332. The Morgan fingerprint density at radius 1 is 1.37 bits per heavy atom. The van der Waals surface area contributed by atoms with Gasteiger partial charge in [0, 0.05) is 19.1 Å². The lowest BCUT2D eigenvalue weighted by Gasteiger charge is -2.38. The Kier molecular flexibility index (Phi) is 5.20. The van der Waals surface area contributed by atoms with Crippen molar-refractivity contribution < 1.29 is 14.7 Å². The highest BCUT2D eigenvalue weighted by molar-refractivity contribution is 5.75. The number of hydrogen-bond donors (Lipinski definition) is 2. The second-order valence-electron chi connectivity index (χ2n) is 6.45. The smallest absolute Gasteiger partial charge is 0.317 e. The van der Waals surface area contributed by atoms with Crippen LogP contribution in [0.4, 0.5) is 4.79 Å². The van der Waals surface area contributed by atoms with Crippen molar-refractivity contribution >= 4 is 12.0 Å². The minimum absolute atomic E-state index is 0.0444. The minimum Gasteiger partial charge on any atom is -0.481 e. The van der Waals surface area contributed by atoms with E-state index in [0.717, 1.165) is 25.7 Å². The highest BCUT2D eigenvalue weighted by atomic mass is 16.4. The number of carboxylic acid groups (broad SMARTS) is 1. The number of nitrogens with one attached hydrogen (secondary N) is 1. The molecule has 0 aromatic heterocycles. The third-order valence-corrected chi connectivity index (χ3v) is 4.03. The van der Waals surface area contributed by atoms with Crippen LogP contribution in [0.3, 0.4) is 0 Å². The molecule has 1 unspecified atom stereocenters. The number of carbonyl (C=O) groups excluding carboxylic acids is 1. The average Bonchev–Trinajstić information content (AvgIpc) is 2.26. The summed E-state index contributed by atoms with van der Waals surface area (Å²) < 4.78 is 0. The van der Waals surface area contributed by atoms with Crippen LogP contribution < -0.4 is 5.32 Å². The molecule has 1 aliphatic carbocycles. The van der Waals surface area contributed by atoms with Gasteiger partial charge in [-0.1, -0.05) is 13.8 Å². The number of carboxylic acids is 1. The van der Waals surface area contributed by atoms with Crippen LogP contribution in [0.2, 0.25) is 0 Å². The summed E-state index contributed by atoms with van der Waals surface area (Å²) in [6, 6.07) is -0.240. The maximum atomic E-state index is 12.0. The molecule has 1 fully saturated rings. The maximum absolute atomic E-state index is 12.0. The first-order chi connectivity index (χ1) is 8.71. The van der Waals surface area contributed by atoms with Gasteiger partial charge in [0.25, 0.3) is 0 Å². The standard InChI is InChI=1S/C14H26N2O3/c1-10(9-12(17)18)15-13(19)16(4)11-5-7-14(2,3)8-6-11/h10-11H,5-9H2,1-4H3,(H,15,19)(H,17,18). The van der Waals surface area contributed by atoms with E-state index in [2.05, 4.69) is 19.2 Å². The van der Waals surface area contributed by atoms with Gasteiger partial charge in [-0.25, -0.2) is 4.79 Å². The van der Waals surface area contributed by atoms with Crippen LogP contribution in [0.1, 0.15) is 52.9 Å². The van der Waals surface area contributed by atoms with Crippen LogP contribution >= 0.6 is 0 Å². The number of carbonyl (C=O) groups is 2. The molecule has 1 rings (SSSR count). The van der Waals surface area contributed by atoms with Gasteiger partial charge in [0.2, 0.25) is 0 Å². The Labute approximate surface area is 115 Å². The second-order valence-corrected chi connectivity index (χ2v) is 6.45. The number of amides is 2. The van der Waals surface area contributed by atoms with E-state index in [1.807, 2.05) is 0 Å². The van der Waals surface area contributed by atoms with Gasteiger partial charge in [-0.2, -0.15) is 0 Å². The first-order valence-corrected chi connectivity index (χ1v) is 6.96. The van der Waals surface area contributed by atoms with Gasteiger partial charge in [-0.15, -0.1) is 0 Å². The zero-order chi connectivity index (χ0) is 14.6. The zero-order valence-corrected chi connectivity index (χ0v) is 12.4. The molecule has 0 aromatic carbocycles. The molecule has 1 aliphatic rings. The largest absolute Gasteiger partial charge is 0.481 e. The minimum atomic E-state index is -0.894. The van der Waals surface area contributed by atoms with E-state index in [4.69, 9.17) is 5.11 Å². The van der Waals surface area contributed by atoms with Gasteiger partial charge in [0.05, 0.1) is 6.42 Å². The van der Waals surface area contributed by atoms with Crippen molar-refractivity contribution in [1.82, 2.24) is 10.2 Å². The molecule has 1 atom stereocenters. The summed E-state index contributed by atoms with van der Waals surface area (Å²) in [6.45, 7) is 6.24. The molecule has 0 spiro atoms. The predicted molar refractivity (Wildman–Crippen MR) is 74.0 cm³/mol. The van der Waals surface area contributed by atoms with Crippen molar-refractivity contribution in [1.29, 1.82) is 0 Å².